The van der Waals surface area contributed by atoms with Crippen molar-refractivity contribution in [3.8, 4) is 0 Å². The maximum atomic E-state index is 10.7. The summed E-state index contributed by atoms with van der Waals surface area (Å²) in [4.78, 5) is 10.7. The Hall–Kier alpha value is -1.51. The Morgan fingerprint density at radius 1 is 1.60 bits per heavy atom. The van der Waals surface area contributed by atoms with Crippen LogP contribution in [0.2, 0.25) is 0 Å². The minimum Gasteiger partial charge on any atom is -0.465 e. The van der Waals surface area contributed by atoms with E-state index in [1.54, 1.807) is 0 Å². The van der Waals surface area contributed by atoms with Gasteiger partial charge < -0.3 is 9.47 Å². The molecule has 0 saturated carbocycles. The minimum atomic E-state index is -0.288. The molecule has 0 N–H and O–H groups in total. The Kier molecular flexibility index (Phi) is 1.89. The summed E-state index contributed by atoms with van der Waals surface area (Å²) < 4.78 is 9.43. The molecule has 3 nitrogen and oxygen atoms in total. The Bertz CT molecular complexity index is 213. The number of carbonyl (C=O) groups excluding carboxylic acids is 1. The average Bonchev–Trinajstić information content (AvgIpc) is 2.05. The van der Waals surface area contributed by atoms with Gasteiger partial charge in [0.2, 0.25) is 11.5 Å². The quantitative estimate of drug-likeness (QED) is 0.536. The predicted molar refractivity (Wildman–Crippen MR) is 34.6 cm³/mol. The number of ether oxygens (including phenoxy) is 2. The molecule has 1 aliphatic heterocycles. The second-order valence-corrected chi connectivity index (χ2v) is 1.58. The third kappa shape index (κ3) is 1.25. The van der Waals surface area contributed by atoms with Crippen LogP contribution in [-0.4, -0.2) is 5.78 Å². The lowest BCUT2D eigenvalue weighted by Crippen LogP contribution is -2.02. The third-order valence-electron chi connectivity index (χ3n) is 0.932. The molecule has 52 valence electrons. The molecular formula is C7H6O3. The van der Waals surface area contributed by atoms with Crippen molar-refractivity contribution in [2.45, 2.75) is 0 Å². The van der Waals surface area contributed by atoms with E-state index in [4.69, 9.17) is 4.74 Å². The van der Waals surface area contributed by atoms with Crippen LogP contribution in [0.25, 0.3) is 0 Å². The van der Waals surface area contributed by atoms with E-state index in [0.717, 1.165) is 6.08 Å². The number of allylic oxidation sites excluding steroid dienone is 1. The van der Waals surface area contributed by atoms with Crippen molar-refractivity contribution in [1.82, 2.24) is 0 Å². The lowest BCUT2D eigenvalue weighted by Gasteiger charge is -2.05. The number of hydrogen-bond donors (Lipinski definition) is 0. The zero-order valence-corrected chi connectivity index (χ0v) is 5.24. The summed E-state index contributed by atoms with van der Waals surface area (Å²) in [6, 6.07) is 0. The fraction of sp³-hybridized carbons (Fsp3) is 0. The van der Waals surface area contributed by atoms with E-state index in [1.807, 2.05) is 0 Å². The van der Waals surface area contributed by atoms with Gasteiger partial charge in [0.15, 0.2) is 0 Å². The van der Waals surface area contributed by atoms with E-state index in [1.165, 1.54) is 18.8 Å². The summed E-state index contributed by atoms with van der Waals surface area (Å²) >= 11 is 0. The van der Waals surface area contributed by atoms with Gasteiger partial charge in [-0.2, -0.15) is 0 Å². The molecule has 0 aromatic heterocycles. The summed E-state index contributed by atoms with van der Waals surface area (Å²) in [5.74, 6) is -0.137. The van der Waals surface area contributed by atoms with Crippen LogP contribution >= 0.6 is 0 Å². The highest BCUT2D eigenvalue weighted by Crippen LogP contribution is 2.05. The van der Waals surface area contributed by atoms with Crippen molar-refractivity contribution in [3.05, 3.63) is 37.2 Å². The third-order valence-corrected chi connectivity index (χ3v) is 0.932. The van der Waals surface area contributed by atoms with Crippen molar-refractivity contribution in [1.29, 1.82) is 0 Å². The van der Waals surface area contributed by atoms with Crippen LogP contribution in [0.15, 0.2) is 37.2 Å². The molecule has 1 rings (SSSR count). The van der Waals surface area contributed by atoms with E-state index in [0.29, 0.717) is 0 Å². The van der Waals surface area contributed by atoms with E-state index in [-0.39, 0.29) is 11.5 Å². The first-order valence-electron chi connectivity index (χ1n) is 2.68. The van der Waals surface area contributed by atoms with E-state index >= 15 is 0 Å². The molecule has 0 atom stereocenters. The van der Waals surface area contributed by atoms with E-state index < -0.39 is 0 Å². The number of carbonyl (C=O) groups is 1. The molecular weight excluding hydrogens is 132 g/mol. The molecule has 0 aromatic carbocycles. The van der Waals surface area contributed by atoms with Gasteiger partial charge in [-0.3, -0.25) is 4.79 Å². The fourth-order valence-electron chi connectivity index (χ4n) is 0.479. The highest BCUT2D eigenvalue weighted by Gasteiger charge is 2.07. The zero-order chi connectivity index (χ0) is 7.40. The summed E-state index contributed by atoms with van der Waals surface area (Å²) in [6.07, 6.45) is 5.01. The van der Waals surface area contributed by atoms with E-state index in [9.17, 15) is 4.79 Å². The van der Waals surface area contributed by atoms with Gasteiger partial charge in [-0.15, -0.1) is 0 Å². The van der Waals surface area contributed by atoms with Crippen LogP contribution in [0.4, 0.5) is 0 Å². The first-order valence-corrected chi connectivity index (χ1v) is 2.68. The van der Waals surface area contributed by atoms with Crippen LogP contribution in [0.5, 0.6) is 0 Å². The van der Waals surface area contributed by atoms with Gasteiger partial charge in [-0.25, -0.2) is 0 Å². The van der Waals surface area contributed by atoms with Gasteiger partial charge in [-0.05, 0) is 6.08 Å². The maximum absolute atomic E-state index is 10.7. The van der Waals surface area contributed by atoms with Gasteiger partial charge in [0.1, 0.15) is 18.8 Å². The van der Waals surface area contributed by atoms with Gasteiger partial charge in [-0.1, -0.05) is 6.58 Å². The first-order chi connectivity index (χ1) is 4.84. The van der Waals surface area contributed by atoms with Crippen LogP contribution in [0.1, 0.15) is 0 Å². The largest absolute Gasteiger partial charge is 0.465 e. The molecule has 10 heavy (non-hydrogen) atoms. The van der Waals surface area contributed by atoms with Gasteiger partial charge in [0.25, 0.3) is 0 Å². The molecule has 1 aliphatic rings. The number of ketones is 1. The Balaban J connectivity index is 2.64. The molecule has 3 heteroatoms. The highest BCUT2D eigenvalue weighted by atomic mass is 16.5. The second kappa shape index (κ2) is 2.87. The number of rotatable bonds is 2. The van der Waals surface area contributed by atoms with Gasteiger partial charge in [0, 0.05) is 0 Å². The summed E-state index contributed by atoms with van der Waals surface area (Å²) in [5.41, 5.74) is 0. The Morgan fingerprint density at radius 3 is 2.90 bits per heavy atom. The number of hydrogen-bond acceptors (Lipinski definition) is 3. The second-order valence-electron chi connectivity index (χ2n) is 1.58. The molecule has 0 bridgehead atoms. The SMILES string of the molecule is C=CC(=O)C1=COC=CO1. The molecule has 0 saturated heterocycles. The topological polar surface area (TPSA) is 35.5 Å². The van der Waals surface area contributed by atoms with Crippen LogP contribution in [0.3, 0.4) is 0 Å². The van der Waals surface area contributed by atoms with Gasteiger partial charge in [0.05, 0.1) is 0 Å². The molecule has 0 aromatic rings. The standard InChI is InChI=1S/C7H6O3/c1-2-6(8)7-5-9-3-4-10-7/h2-5H,1H2. The average molecular weight is 138 g/mol. The van der Waals surface area contributed by atoms with Crippen molar-refractivity contribution in [2.75, 3.05) is 0 Å². The van der Waals surface area contributed by atoms with E-state index in [2.05, 4.69) is 11.3 Å². The summed E-state index contributed by atoms with van der Waals surface area (Å²) in [6.45, 7) is 3.29. The molecule has 0 spiro atoms. The summed E-state index contributed by atoms with van der Waals surface area (Å²) in [5, 5.41) is 0. The minimum absolute atomic E-state index is 0.150. The Labute approximate surface area is 58.2 Å². The molecule has 0 aliphatic carbocycles. The van der Waals surface area contributed by atoms with Crippen LogP contribution in [0, 0.1) is 0 Å². The van der Waals surface area contributed by atoms with Crippen LogP contribution < -0.4 is 0 Å². The molecule has 0 fully saturated rings. The van der Waals surface area contributed by atoms with Crippen molar-refractivity contribution < 1.29 is 14.3 Å². The predicted octanol–water partition coefficient (Wildman–Crippen LogP) is 1.10. The Morgan fingerprint density at radius 2 is 2.40 bits per heavy atom. The normalized spacial score (nSPS) is 14.6. The van der Waals surface area contributed by atoms with Gasteiger partial charge >= 0.3 is 0 Å². The molecule has 0 unspecified atom stereocenters. The van der Waals surface area contributed by atoms with Crippen molar-refractivity contribution in [2.24, 2.45) is 0 Å². The smallest absolute Gasteiger partial charge is 0.223 e. The maximum Gasteiger partial charge on any atom is 0.223 e. The van der Waals surface area contributed by atoms with Crippen molar-refractivity contribution in [3.63, 3.8) is 0 Å². The lowest BCUT2D eigenvalue weighted by molar-refractivity contribution is -0.114. The highest BCUT2D eigenvalue weighted by molar-refractivity contribution is 6.01. The molecule has 1 heterocycles. The first kappa shape index (κ1) is 6.61. The molecule has 0 amide bonds. The van der Waals surface area contributed by atoms with Crippen molar-refractivity contribution >= 4 is 5.78 Å². The van der Waals surface area contributed by atoms with Crippen LogP contribution in [-0.2, 0) is 14.3 Å². The monoisotopic (exact) mass is 138 g/mol. The fourth-order valence-corrected chi connectivity index (χ4v) is 0.479. The summed E-state index contributed by atoms with van der Waals surface area (Å²) in [7, 11) is 0. The molecule has 0 radical (unpaired) electrons. The zero-order valence-electron chi connectivity index (χ0n) is 5.24. The lowest BCUT2D eigenvalue weighted by atomic mass is 10.3.